The summed E-state index contributed by atoms with van der Waals surface area (Å²) in [6, 6.07) is 74.6. The molecule has 0 saturated heterocycles. The first-order valence-corrected chi connectivity index (χ1v) is 18.8. The highest BCUT2D eigenvalue weighted by Gasteiger charge is 2.33. The Labute approximate surface area is 319 Å². The molecule has 0 aromatic heterocycles. The minimum atomic E-state index is -0.0495. The third-order valence-corrected chi connectivity index (χ3v) is 10.9. The lowest BCUT2D eigenvalue weighted by atomic mass is 9.78. The lowest BCUT2D eigenvalue weighted by Gasteiger charge is -2.28. The summed E-state index contributed by atoms with van der Waals surface area (Å²) in [4.78, 5) is 2.35. The van der Waals surface area contributed by atoms with Gasteiger partial charge < -0.3 is 4.90 Å². The van der Waals surface area contributed by atoms with Crippen LogP contribution in [-0.2, 0) is 5.41 Å². The van der Waals surface area contributed by atoms with Crippen molar-refractivity contribution in [2.45, 2.75) is 19.3 Å². The standard InChI is InChI=1S/C53H41N/c1-53(2)51-16-10-9-15-47(51)37-52(53)46-29-35-50(36-30-46)54(48-31-25-44(26-32-48)39-13-7-4-8-14-39)49-33-27-45(28-34-49)43-23-21-42(22-24-43)41-19-17-40(18-20-41)38-11-5-3-6-12-38/h3-37H,1-2H3. The largest absolute Gasteiger partial charge is 0.311 e. The predicted octanol–water partition coefficient (Wildman–Crippen LogP) is 14.7. The van der Waals surface area contributed by atoms with Crippen LogP contribution in [0.2, 0.25) is 0 Å². The molecule has 8 aromatic rings. The van der Waals surface area contributed by atoms with E-state index in [0.717, 1.165) is 17.1 Å². The lowest BCUT2D eigenvalue weighted by Crippen LogP contribution is -2.16. The Balaban J connectivity index is 1.01. The van der Waals surface area contributed by atoms with E-state index in [2.05, 4.69) is 231 Å². The summed E-state index contributed by atoms with van der Waals surface area (Å²) in [6.45, 7) is 4.66. The van der Waals surface area contributed by atoms with Crippen LogP contribution in [-0.4, -0.2) is 0 Å². The van der Waals surface area contributed by atoms with Gasteiger partial charge in [-0.1, -0.05) is 184 Å². The molecule has 1 aliphatic carbocycles. The predicted molar refractivity (Wildman–Crippen MR) is 230 cm³/mol. The minimum absolute atomic E-state index is 0.0495. The van der Waals surface area contributed by atoms with Crippen molar-refractivity contribution in [3.05, 3.63) is 223 Å². The molecule has 0 fully saturated rings. The fourth-order valence-electron chi connectivity index (χ4n) is 7.93. The topological polar surface area (TPSA) is 3.24 Å². The van der Waals surface area contributed by atoms with Crippen LogP contribution in [0.4, 0.5) is 17.1 Å². The highest BCUT2D eigenvalue weighted by Crippen LogP contribution is 2.47. The van der Waals surface area contributed by atoms with Gasteiger partial charge in [0, 0.05) is 22.5 Å². The van der Waals surface area contributed by atoms with Crippen LogP contribution in [0.25, 0.3) is 56.2 Å². The lowest BCUT2D eigenvalue weighted by molar-refractivity contribution is 0.704. The Morgan fingerprint density at radius 3 is 0.963 bits per heavy atom. The quantitative estimate of drug-likeness (QED) is 0.153. The summed E-state index contributed by atoms with van der Waals surface area (Å²) >= 11 is 0. The highest BCUT2D eigenvalue weighted by molar-refractivity contribution is 5.94. The molecule has 1 aliphatic rings. The monoisotopic (exact) mass is 691 g/mol. The van der Waals surface area contributed by atoms with E-state index in [1.54, 1.807) is 0 Å². The van der Waals surface area contributed by atoms with Crippen molar-refractivity contribution < 1.29 is 0 Å². The molecular weight excluding hydrogens is 651 g/mol. The Hall–Kier alpha value is -6.70. The smallest absolute Gasteiger partial charge is 0.0462 e. The molecule has 8 aromatic carbocycles. The average Bonchev–Trinajstić information content (AvgIpc) is 3.52. The molecule has 0 saturated carbocycles. The van der Waals surface area contributed by atoms with E-state index in [1.165, 1.54) is 66.8 Å². The summed E-state index contributed by atoms with van der Waals surface area (Å²) in [5.41, 5.74) is 18.3. The van der Waals surface area contributed by atoms with Crippen LogP contribution in [0.15, 0.2) is 206 Å². The number of fused-ring (bicyclic) bond motifs is 1. The average molecular weight is 692 g/mol. The first kappa shape index (κ1) is 33.2. The molecule has 0 atom stereocenters. The first-order valence-electron chi connectivity index (χ1n) is 18.8. The van der Waals surface area contributed by atoms with E-state index in [9.17, 15) is 0 Å². The van der Waals surface area contributed by atoms with Crippen LogP contribution in [0.5, 0.6) is 0 Å². The number of nitrogens with zero attached hydrogens (tertiary/aromatic N) is 1. The van der Waals surface area contributed by atoms with E-state index >= 15 is 0 Å². The maximum absolute atomic E-state index is 2.36. The number of hydrogen-bond donors (Lipinski definition) is 0. The van der Waals surface area contributed by atoms with Crippen molar-refractivity contribution in [1.29, 1.82) is 0 Å². The van der Waals surface area contributed by atoms with Crippen LogP contribution in [0.3, 0.4) is 0 Å². The minimum Gasteiger partial charge on any atom is -0.311 e. The van der Waals surface area contributed by atoms with Crippen LogP contribution in [0, 0.1) is 0 Å². The Bertz CT molecular complexity index is 2540. The van der Waals surface area contributed by atoms with Gasteiger partial charge in [0.15, 0.2) is 0 Å². The zero-order valence-electron chi connectivity index (χ0n) is 30.7. The van der Waals surface area contributed by atoms with Gasteiger partial charge in [-0.25, -0.2) is 0 Å². The Kier molecular flexibility index (Phi) is 8.61. The summed E-state index contributed by atoms with van der Waals surface area (Å²) in [5.74, 6) is 0. The van der Waals surface area contributed by atoms with E-state index in [4.69, 9.17) is 0 Å². The SMILES string of the molecule is CC1(C)C(c2ccc(N(c3ccc(-c4ccccc4)cc3)c3ccc(-c4ccc(-c5ccc(-c6ccccc6)cc5)cc4)cc3)cc2)=Cc2ccccc21. The van der Waals surface area contributed by atoms with Crippen LogP contribution < -0.4 is 4.90 Å². The zero-order chi connectivity index (χ0) is 36.5. The van der Waals surface area contributed by atoms with Gasteiger partial charge in [0.25, 0.3) is 0 Å². The van der Waals surface area contributed by atoms with Gasteiger partial charge in [0.05, 0.1) is 0 Å². The number of anilines is 3. The molecule has 54 heavy (non-hydrogen) atoms. The molecule has 0 unspecified atom stereocenters. The Morgan fingerprint density at radius 2 is 0.593 bits per heavy atom. The molecule has 0 spiro atoms. The zero-order valence-corrected chi connectivity index (χ0v) is 30.7. The number of allylic oxidation sites excluding steroid dienone is 1. The van der Waals surface area contributed by atoms with Crippen LogP contribution in [0.1, 0.15) is 30.5 Å². The maximum Gasteiger partial charge on any atom is 0.0462 e. The van der Waals surface area contributed by atoms with Crippen molar-refractivity contribution in [3.63, 3.8) is 0 Å². The van der Waals surface area contributed by atoms with E-state index in [-0.39, 0.29) is 5.41 Å². The third-order valence-electron chi connectivity index (χ3n) is 10.9. The maximum atomic E-state index is 2.36. The summed E-state index contributed by atoms with van der Waals surface area (Å²) < 4.78 is 0. The molecule has 9 rings (SSSR count). The fourth-order valence-corrected chi connectivity index (χ4v) is 7.93. The van der Waals surface area contributed by atoms with Gasteiger partial charge in [-0.2, -0.15) is 0 Å². The molecule has 0 heterocycles. The van der Waals surface area contributed by atoms with Crippen molar-refractivity contribution >= 4 is 28.7 Å². The number of benzene rings is 8. The van der Waals surface area contributed by atoms with Crippen molar-refractivity contribution in [2.24, 2.45) is 0 Å². The third kappa shape index (κ3) is 6.35. The second-order valence-electron chi connectivity index (χ2n) is 14.6. The molecule has 0 aliphatic heterocycles. The van der Waals surface area contributed by atoms with E-state index in [1.807, 2.05) is 0 Å². The number of rotatable bonds is 8. The summed E-state index contributed by atoms with van der Waals surface area (Å²) in [5, 5.41) is 0. The van der Waals surface area contributed by atoms with E-state index in [0.29, 0.717) is 0 Å². The van der Waals surface area contributed by atoms with Gasteiger partial charge in [-0.15, -0.1) is 0 Å². The van der Waals surface area contributed by atoms with E-state index < -0.39 is 0 Å². The van der Waals surface area contributed by atoms with Crippen molar-refractivity contribution in [3.8, 4) is 44.5 Å². The summed E-state index contributed by atoms with van der Waals surface area (Å²) in [7, 11) is 0. The highest BCUT2D eigenvalue weighted by atomic mass is 15.1. The van der Waals surface area contributed by atoms with Gasteiger partial charge in [0.1, 0.15) is 0 Å². The molecule has 0 radical (unpaired) electrons. The van der Waals surface area contributed by atoms with Gasteiger partial charge in [-0.05, 0) is 109 Å². The molecule has 0 bridgehead atoms. The first-order chi connectivity index (χ1) is 26.5. The van der Waals surface area contributed by atoms with Crippen LogP contribution >= 0.6 is 0 Å². The molecule has 0 N–H and O–H groups in total. The van der Waals surface area contributed by atoms with Gasteiger partial charge in [-0.3, -0.25) is 0 Å². The normalized spacial score (nSPS) is 12.9. The molecular formula is C53H41N. The van der Waals surface area contributed by atoms with Crippen molar-refractivity contribution in [1.82, 2.24) is 0 Å². The second kappa shape index (κ2) is 14.0. The molecule has 1 nitrogen and oxygen atoms in total. The van der Waals surface area contributed by atoms with Gasteiger partial charge in [0.2, 0.25) is 0 Å². The molecule has 258 valence electrons. The van der Waals surface area contributed by atoms with Crippen molar-refractivity contribution in [2.75, 3.05) is 4.90 Å². The summed E-state index contributed by atoms with van der Waals surface area (Å²) in [6.07, 6.45) is 2.36. The molecule has 0 amide bonds. The Morgan fingerprint density at radius 1 is 0.296 bits per heavy atom. The number of hydrogen-bond acceptors (Lipinski definition) is 1. The van der Waals surface area contributed by atoms with Gasteiger partial charge >= 0.3 is 0 Å². The molecule has 1 heteroatoms. The second-order valence-corrected chi connectivity index (χ2v) is 14.6. The fraction of sp³-hybridized carbons (Fsp3) is 0.0566.